The third-order valence-electron chi connectivity index (χ3n) is 3.96. The van der Waals surface area contributed by atoms with Crippen molar-refractivity contribution in [2.75, 3.05) is 13.1 Å². The first-order valence-corrected chi connectivity index (χ1v) is 5.88. The first kappa shape index (κ1) is 10.0. The van der Waals surface area contributed by atoms with E-state index in [1.54, 1.807) is 12.1 Å². The van der Waals surface area contributed by atoms with Gasteiger partial charge in [-0.3, -0.25) is 4.90 Å². The molecule has 0 N–H and O–H groups in total. The van der Waals surface area contributed by atoms with Crippen molar-refractivity contribution < 1.29 is 4.39 Å². The molecule has 16 heavy (non-hydrogen) atoms. The second kappa shape index (κ2) is 3.42. The van der Waals surface area contributed by atoms with Gasteiger partial charge in [-0.05, 0) is 43.5 Å². The van der Waals surface area contributed by atoms with Crippen molar-refractivity contribution in [3.63, 3.8) is 0 Å². The molecule has 1 unspecified atom stereocenters. The van der Waals surface area contributed by atoms with Gasteiger partial charge >= 0.3 is 0 Å². The van der Waals surface area contributed by atoms with Crippen LogP contribution >= 0.6 is 0 Å². The van der Waals surface area contributed by atoms with Crippen LogP contribution in [0.4, 0.5) is 4.39 Å². The number of hydrogen-bond acceptors (Lipinski definition) is 1. The zero-order valence-electron chi connectivity index (χ0n) is 9.38. The quantitative estimate of drug-likeness (QED) is 0.653. The van der Waals surface area contributed by atoms with Gasteiger partial charge in [-0.25, -0.2) is 4.39 Å². The van der Waals surface area contributed by atoms with Crippen LogP contribution in [0.2, 0.25) is 0 Å². The lowest BCUT2D eigenvalue weighted by atomic mass is 9.85. The molecule has 3 rings (SSSR count). The molecule has 0 radical (unpaired) electrons. The van der Waals surface area contributed by atoms with E-state index in [-0.39, 0.29) is 11.4 Å². The molecular weight excluding hydrogens is 201 g/mol. The van der Waals surface area contributed by atoms with E-state index in [0.29, 0.717) is 0 Å². The molecule has 0 aromatic heterocycles. The van der Waals surface area contributed by atoms with Crippen LogP contribution in [0.25, 0.3) is 0 Å². The maximum atomic E-state index is 13.0. The SMILES string of the molecule is C=C1CN2CCCC2(c2ccc(F)cc2)C1. The Kier molecular flexibility index (Phi) is 2.15. The topological polar surface area (TPSA) is 3.24 Å². The Morgan fingerprint density at radius 2 is 2.00 bits per heavy atom. The van der Waals surface area contributed by atoms with Crippen molar-refractivity contribution in [1.82, 2.24) is 4.90 Å². The number of fused-ring (bicyclic) bond motifs is 1. The Hall–Kier alpha value is -1.15. The maximum absolute atomic E-state index is 13.0. The van der Waals surface area contributed by atoms with Crippen LogP contribution in [0.5, 0.6) is 0 Å². The van der Waals surface area contributed by atoms with Crippen LogP contribution in [0.3, 0.4) is 0 Å². The smallest absolute Gasteiger partial charge is 0.123 e. The van der Waals surface area contributed by atoms with Crippen LogP contribution in [0.1, 0.15) is 24.8 Å². The standard InChI is InChI=1S/C14H16FN/c1-11-9-14(7-2-8-16(14)10-11)12-3-5-13(15)6-4-12/h3-6H,1-2,7-10H2. The van der Waals surface area contributed by atoms with E-state index in [2.05, 4.69) is 11.5 Å². The highest BCUT2D eigenvalue weighted by atomic mass is 19.1. The van der Waals surface area contributed by atoms with Crippen molar-refractivity contribution in [3.05, 3.63) is 47.8 Å². The molecule has 1 atom stereocenters. The first-order valence-electron chi connectivity index (χ1n) is 5.88. The molecule has 2 aliphatic rings. The molecule has 84 valence electrons. The lowest BCUT2D eigenvalue weighted by Gasteiger charge is -2.32. The summed E-state index contributed by atoms with van der Waals surface area (Å²) in [5.41, 5.74) is 2.69. The normalized spacial score (nSPS) is 29.7. The summed E-state index contributed by atoms with van der Waals surface area (Å²) < 4.78 is 13.0. The molecular formula is C14H16FN. The molecule has 1 aromatic carbocycles. The minimum Gasteiger partial charge on any atom is -0.289 e. The minimum atomic E-state index is -0.151. The van der Waals surface area contributed by atoms with E-state index >= 15 is 0 Å². The van der Waals surface area contributed by atoms with E-state index in [0.717, 1.165) is 19.5 Å². The summed E-state index contributed by atoms with van der Waals surface area (Å²) in [6.45, 7) is 6.27. The van der Waals surface area contributed by atoms with E-state index in [9.17, 15) is 4.39 Å². The largest absolute Gasteiger partial charge is 0.289 e. The molecule has 2 heteroatoms. The summed E-state index contributed by atoms with van der Waals surface area (Å²) in [6.07, 6.45) is 3.46. The highest BCUT2D eigenvalue weighted by molar-refractivity contribution is 5.32. The van der Waals surface area contributed by atoms with Crippen LogP contribution in [-0.2, 0) is 5.54 Å². The van der Waals surface area contributed by atoms with Crippen LogP contribution in [-0.4, -0.2) is 18.0 Å². The molecule has 0 saturated carbocycles. The molecule has 0 bridgehead atoms. The third kappa shape index (κ3) is 1.33. The van der Waals surface area contributed by atoms with E-state index in [4.69, 9.17) is 0 Å². The fourth-order valence-electron chi connectivity index (χ4n) is 3.29. The Morgan fingerprint density at radius 3 is 2.75 bits per heavy atom. The number of nitrogens with zero attached hydrogens (tertiary/aromatic N) is 1. The predicted octanol–water partition coefficient (Wildman–Crippen LogP) is 3.08. The summed E-state index contributed by atoms with van der Waals surface area (Å²) >= 11 is 0. The molecule has 0 spiro atoms. The van der Waals surface area contributed by atoms with Gasteiger partial charge in [0.15, 0.2) is 0 Å². The van der Waals surface area contributed by atoms with Gasteiger partial charge in [0.1, 0.15) is 5.82 Å². The van der Waals surface area contributed by atoms with Crippen molar-refractivity contribution in [3.8, 4) is 0 Å². The molecule has 0 aliphatic carbocycles. The Morgan fingerprint density at radius 1 is 1.25 bits per heavy atom. The maximum Gasteiger partial charge on any atom is 0.123 e. The number of hydrogen-bond donors (Lipinski definition) is 0. The Bertz CT molecular complexity index is 423. The second-order valence-electron chi connectivity index (χ2n) is 4.99. The Balaban J connectivity index is 2.03. The van der Waals surface area contributed by atoms with Gasteiger partial charge in [-0.1, -0.05) is 24.3 Å². The molecule has 1 nitrogen and oxygen atoms in total. The highest BCUT2D eigenvalue weighted by Crippen LogP contribution is 2.48. The van der Waals surface area contributed by atoms with Gasteiger partial charge in [0.05, 0.1) is 5.54 Å². The van der Waals surface area contributed by atoms with Gasteiger partial charge in [-0.15, -0.1) is 0 Å². The molecule has 2 saturated heterocycles. The average Bonchev–Trinajstić information content (AvgIpc) is 2.75. The van der Waals surface area contributed by atoms with Crippen molar-refractivity contribution in [1.29, 1.82) is 0 Å². The minimum absolute atomic E-state index is 0.130. The average molecular weight is 217 g/mol. The predicted molar refractivity (Wildman–Crippen MR) is 62.6 cm³/mol. The fraction of sp³-hybridized carbons (Fsp3) is 0.429. The Labute approximate surface area is 95.6 Å². The van der Waals surface area contributed by atoms with Crippen molar-refractivity contribution in [2.24, 2.45) is 0 Å². The van der Waals surface area contributed by atoms with Crippen LogP contribution in [0, 0.1) is 5.82 Å². The molecule has 2 heterocycles. The number of benzene rings is 1. The van der Waals surface area contributed by atoms with Crippen LogP contribution < -0.4 is 0 Å². The molecule has 0 amide bonds. The fourth-order valence-corrected chi connectivity index (χ4v) is 3.29. The van der Waals surface area contributed by atoms with E-state index < -0.39 is 0 Å². The summed E-state index contributed by atoms with van der Waals surface area (Å²) in [4.78, 5) is 2.50. The van der Waals surface area contributed by atoms with Gasteiger partial charge in [0, 0.05) is 6.54 Å². The summed E-state index contributed by atoms with van der Waals surface area (Å²) in [5, 5.41) is 0. The lowest BCUT2D eigenvalue weighted by molar-refractivity contribution is 0.197. The second-order valence-corrected chi connectivity index (χ2v) is 4.99. The summed E-state index contributed by atoms with van der Waals surface area (Å²) in [6, 6.07) is 7.02. The van der Waals surface area contributed by atoms with Crippen molar-refractivity contribution in [2.45, 2.75) is 24.8 Å². The van der Waals surface area contributed by atoms with Gasteiger partial charge in [-0.2, -0.15) is 0 Å². The van der Waals surface area contributed by atoms with E-state index in [1.807, 2.05) is 12.1 Å². The van der Waals surface area contributed by atoms with Gasteiger partial charge in [0.25, 0.3) is 0 Å². The van der Waals surface area contributed by atoms with Gasteiger partial charge in [0.2, 0.25) is 0 Å². The zero-order valence-corrected chi connectivity index (χ0v) is 9.38. The molecule has 1 aromatic rings. The summed E-state index contributed by atoms with van der Waals surface area (Å²) in [7, 11) is 0. The molecule has 2 fully saturated rings. The lowest BCUT2D eigenvalue weighted by Crippen LogP contribution is -2.35. The first-order chi connectivity index (χ1) is 7.71. The van der Waals surface area contributed by atoms with E-state index in [1.165, 1.54) is 24.0 Å². The number of rotatable bonds is 1. The number of halogens is 1. The van der Waals surface area contributed by atoms with Crippen LogP contribution in [0.15, 0.2) is 36.4 Å². The molecule has 2 aliphatic heterocycles. The zero-order chi connectivity index (χ0) is 11.2. The highest BCUT2D eigenvalue weighted by Gasteiger charge is 2.46. The van der Waals surface area contributed by atoms with Gasteiger partial charge < -0.3 is 0 Å². The summed E-state index contributed by atoms with van der Waals surface area (Å²) in [5.74, 6) is -0.151. The van der Waals surface area contributed by atoms with Crippen molar-refractivity contribution >= 4 is 0 Å². The third-order valence-corrected chi connectivity index (χ3v) is 3.96. The monoisotopic (exact) mass is 217 g/mol.